The fraction of sp³-hybridized carbons (Fsp3) is 0.267. The molecule has 0 aromatic carbocycles. The second-order valence-corrected chi connectivity index (χ2v) is 6.79. The molecule has 0 radical (unpaired) electrons. The third-order valence-electron chi connectivity index (χ3n) is 2.53. The van der Waals surface area contributed by atoms with Crippen LogP contribution in [0.3, 0.4) is 0 Å². The lowest BCUT2D eigenvalue weighted by molar-refractivity contribution is -0.684. The molecule has 7 nitrogen and oxygen atoms in total. The summed E-state index contributed by atoms with van der Waals surface area (Å²) in [5.74, 6) is 0.668. The highest BCUT2D eigenvalue weighted by Gasteiger charge is 2.05. The maximum atomic E-state index is 9.51. The number of aromatic hydroxyl groups is 2. The fourth-order valence-electron chi connectivity index (χ4n) is 1.16. The number of pyridine rings is 2. The van der Waals surface area contributed by atoms with Crippen LogP contribution in [0, 0.1) is 7.40 Å². The number of halogens is 3. The van der Waals surface area contributed by atoms with Gasteiger partial charge < -0.3 is 49.0 Å². The summed E-state index contributed by atoms with van der Waals surface area (Å²) in [4.78, 5) is 10.5. The predicted molar refractivity (Wildman–Crippen MR) is 103 cm³/mol. The van der Waals surface area contributed by atoms with Crippen LogP contribution < -0.4 is 38.2 Å². The largest absolute Gasteiger partial charge is 1.00 e. The smallest absolute Gasteiger partial charge is 0.282 e. The van der Waals surface area contributed by atoms with Crippen LogP contribution in [0.4, 0.5) is 4.79 Å². The molecule has 0 saturated heterocycles. The Morgan fingerprint density at radius 3 is 1.44 bits per heavy atom. The predicted octanol–water partition coefficient (Wildman–Crippen LogP) is -2.46. The molecule has 25 heavy (non-hydrogen) atoms. The Kier molecular flexibility index (Phi) is 14.4. The molecule has 2 aromatic heterocycles. The Morgan fingerprint density at radius 1 is 1.00 bits per heavy atom. The number of aromatic nitrogens is 2. The van der Waals surface area contributed by atoms with E-state index in [1.54, 1.807) is 24.3 Å². The molecule has 2 heterocycles. The summed E-state index contributed by atoms with van der Waals surface area (Å²) in [7, 11) is 6.60. The lowest BCUT2D eigenvalue weighted by Gasteiger charge is -2.10. The van der Waals surface area contributed by atoms with Crippen molar-refractivity contribution in [1.29, 1.82) is 0 Å². The number of aryl methyl sites for hydroxylation is 2. The first-order valence-corrected chi connectivity index (χ1v) is 8.78. The van der Waals surface area contributed by atoms with E-state index >= 15 is 0 Å². The van der Waals surface area contributed by atoms with Gasteiger partial charge in [0.05, 0.1) is 0 Å². The van der Waals surface area contributed by atoms with Crippen LogP contribution in [0.2, 0.25) is 0 Å². The van der Waals surface area contributed by atoms with Crippen molar-refractivity contribution >= 4 is 51.3 Å². The zero-order chi connectivity index (χ0) is 18.9. The number of rotatable bonds is 0. The minimum atomic E-state index is -1.16. The van der Waals surface area contributed by atoms with E-state index in [4.69, 9.17) is 10.2 Å². The SMILES string of the molecule is CN(C)C(=O)[O-].C[n+]1cccc(O)c1I.C[n+]1cccc(O)c1I.[I-]. The maximum Gasteiger partial charge on any atom is 0.282 e. The Bertz CT molecular complexity index is 595. The van der Waals surface area contributed by atoms with E-state index in [1.807, 2.05) is 35.6 Å². The Morgan fingerprint density at radius 2 is 1.28 bits per heavy atom. The van der Waals surface area contributed by atoms with Crippen LogP contribution in [0.5, 0.6) is 11.5 Å². The number of carbonyl (C=O) groups is 1. The van der Waals surface area contributed by atoms with Crippen molar-refractivity contribution in [2.24, 2.45) is 14.1 Å². The second kappa shape index (κ2) is 13.5. The van der Waals surface area contributed by atoms with Gasteiger partial charge in [0, 0.05) is 71.4 Å². The van der Waals surface area contributed by atoms with E-state index in [0.717, 1.165) is 12.3 Å². The molecule has 2 N–H and O–H groups in total. The van der Waals surface area contributed by atoms with E-state index in [9.17, 15) is 9.90 Å². The average Bonchev–Trinajstić information content (AvgIpc) is 2.51. The van der Waals surface area contributed by atoms with Crippen molar-refractivity contribution < 1.29 is 53.2 Å². The second-order valence-electron chi connectivity index (χ2n) is 4.75. The molecule has 2 rings (SSSR count). The molecule has 1 amide bonds. The number of amides is 1. The highest BCUT2D eigenvalue weighted by atomic mass is 127. The molecule has 0 saturated carbocycles. The van der Waals surface area contributed by atoms with Crippen molar-refractivity contribution in [2.75, 3.05) is 14.1 Å². The molecule has 0 aliphatic rings. The van der Waals surface area contributed by atoms with Gasteiger partial charge in [-0.2, -0.15) is 9.13 Å². The van der Waals surface area contributed by atoms with E-state index in [1.165, 1.54) is 14.1 Å². The van der Waals surface area contributed by atoms with Gasteiger partial charge in [-0.15, -0.1) is 0 Å². The van der Waals surface area contributed by atoms with Gasteiger partial charge in [0.15, 0.2) is 23.9 Å². The van der Waals surface area contributed by atoms with E-state index in [0.29, 0.717) is 11.5 Å². The molecule has 0 spiro atoms. The Labute approximate surface area is 191 Å². The van der Waals surface area contributed by atoms with Crippen molar-refractivity contribution in [3.05, 3.63) is 44.1 Å². The molecule has 2 aromatic rings. The first-order valence-electron chi connectivity index (χ1n) is 6.62. The monoisotopic (exact) mass is 687 g/mol. The van der Waals surface area contributed by atoms with Crippen LogP contribution in [0.25, 0.3) is 0 Å². The van der Waals surface area contributed by atoms with Crippen LogP contribution in [0.1, 0.15) is 0 Å². The molecular formula is C15H20I3N3O4. The summed E-state index contributed by atoms with van der Waals surface area (Å²) in [6, 6.07) is 6.94. The third kappa shape index (κ3) is 10.8. The van der Waals surface area contributed by atoms with Gasteiger partial charge in [0.1, 0.15) is 20.2 Å². The third-order valence-corrected chi connectivity index (χ3v) is 5.16. The van der Waals surface area contributed by atoms with Crippen LogP contribution in [-0.2, 0) is 14.1 Å². The molecule has 0 aliphatic carbocycles. The molecule has 0 fully saturated rings. The number of carbonyl (C=O) groups excluding carboxylic acids is 1. The number of carboxylic acid groups (broad SMARTS) is 1. The Hall–Kier alpha value is -0.640. The number of nitrogens with zero attached hydrogens (tertiary/aromatic N) is 3. The zero-order valence-corrected chi connectivity index (χ0v) is 20.6. The Balaban J connectivity index is 0. The van der Waals surface area contributed by atoms with E-state index in [2.05, 4.69) is 45.2 Å². The summed E-state index contributed by atoms with van der Waals surface area (Å²) in [5.41, 5.74) is 0. The highest BCUT2D eigenvalue weighted by molar-refractivity contribution is 14.1. The first-order chi connectivity index (χ1) is 11.1. The first kappa shape index (κ1) is 26.6. The summed E-state index contributed by atoms with van der Waals surface area (Å²) >= 11 is 4.16. The highest BCUT2D eigenvalue weighted by Crippen LogP contribution is 2.12. The summed E-state index contributed by atoms with van der Waals surface area (Å²) < 4.78 is 5.43. The summed E-state index contributed by atoms with van der Waals surface area (Å²) in [5, 5.41) is 27.7. The standard InChI is InChI=1S/2C6H6INO.C3H7NO2.HI/c2*1-8-4-2-3-5(9)6(8)7;1-4(2)3(5)6;/h2*2-4H,1H3;1-2H3,(H,5,6);1H. The fourth-order valence-corrected chi connectivity index (χ4v) is 1.84. The van der Waals surface area contributed by atoms with Gasteiger partial charge in [0.25, 0.3) is 7.40 Å². The van der Waals surface area contributed by atoms with Gasteiger partial charge in [-0.25, -0.2) is 0 Å². The summed E-state index contributed by atoms with van der Waals surface area (Å²) in [6.45, 7) is 0. The molecular weight excluding hydrogens is 667 g/mol. The normalized spacial score (nSPS) is 8.72. The van der Waals surface area contributed by atoms with Crippen LogP contribution in [-0.4, -0.2) is 35.3 Å². The maximum absolute atomic E-state index is 9.51. The topological polar surface area (TPSA) is 91.6 Å². The minimum Gasteiger partial charge on any atom is -1.00 e. The molecule has 140 valence electrons. The van der Waals surface area contributed by atoms with Crippen molar-refractivity contribution in [3.8, 4) is 11.5 Å². The molecule has 10 heteroatoms. The number of hydrogen-bond acceptors (Lipinski definition) is 4. The summed E-state index contributed by atoms with van der Waals surface area (Å²) in [6.07, 6.45) is 2.62. The lowest BCUT2D eigenvalue weighted by atomic mass is 10.5. The van der Waals surface area contributed by atoms with Crippen molar-refractivity contribution in [1.82, 2.24) is 4.90 Å². The average molecular weight is 687 g/mol. The zero-order valence-electron chi connectivity index (χ0n) is 14.2. The van der Waals surface area contributed by atoms with Gasteiger partial charge >= 0.3 is 0 Å². The van der Waals surface area contributed by atoms with Gasteiger partial charge in [0.2, 0.25) is 0 Å². The van der Waals surface area contributed by atoms with Gasteiger partial charge in [-0.1, -0.05) is 0 Å². The lowest BCUT2D eigenvalue weighted by Crippen LogP contribution is -3.00. The van der Waals surface area contributed by atoms with Crippen LogP contribution in [0.15, 0.2) is 36.7 Å². The van der Waals surface area contributed by atoms with Crippen molar-refractivity contribution in [2.45, 2.75) is 0 Å². The van der Waals surface area contributed by atoms with E-state index in [-0.39, 0.29) is 24.0 Å². The van der Waals surface area contributed by atoms with Crippen LogP contribution >= 0.6 is 45.2 Å². The van der Waals surface area contributed by atoms with Crippen molar-refractivity contribution in [3.63, 3.8) is 0 Å². The molecule has 0 atom stereocenters. The molecule has 0 unspecified atom stereocenters. The van der Waals surface area contributed by atoms with E-state index < -0.39 is 6.09 Å². The quantitative estimate of drug-likeness (QED) is 0.183. The van der Waals surface area contributed by atoms with Gasteiger partial charge in [-0.05, 0) is 12.1 Å². The minimum absolute atomic E-state index is 0. The molecule has 0 bridgehead atoms. The van der Waals surface area contributed by atoms with Gasteiger partial charge in [-0.3, -0.25) is 0 Å². The molecule has 0 aliphatic heterocycles. The number of hydrogen-bond donors (Lipinski definition) is 2.